The summed E-state index contributed by atoms with van der Waals surface area (Å²) in [6, 6.07) is 49.4. The van der Waals surface area contributed by atoms with E-state index < -0.39 is 0 Å². The summed E-state index contributed by atoms with van der Waals surface area (Å²) in [4.78, 5) is 25.0. The molecule has 6 nitrogen and oxygen atoms in total. The van der Waals surface area contributed by atoms with E-state index in [-0.39, 0.29) is 10.8 Å². The summed E-state index contributed by atoms with van der Waals surface area (Å²) in [5.74, 6) is 1.71. The number of rotatable bonds is 4. The van der Waals surface area contributed by atoms with Gasteiger partial charge in [0, 0.05) is 44.6 Å². The van der Waals surface area contributed by atoms with Crippen molar-refractivity contribution in [2.45, 2.75) is 51.4 Å². The van der Waals surface area contributed by atoms with Crippen molar-refractivity contribution < 1.29 is 0 Å². The van der Waals surface area contributed by atoms with Crippen LogP contribution in [-0.2, 0) is 10.8 Å². The van der Waals surface area contributed by atoms with E-state index in [1.54, 1.807) is 0 Å². The summed E-state index contributed by atoms with van der Waals surface area (Å²) >= 11 is 0. The van der Waals surface area contributed by atoms with Crippen LogP contribution in [0.25, 0.3) is 94.4 Å². The molecule has 0 spiro atoms. The van der Waals surface area contributed by atoms with Crippen LogP contribution in [0.2, 0.25) is 0 Å². The van der Waals surface area contributed by atoms with Gasteiger partial charge in [-0.25, -0.2) is 19.9 Å². The van der Waals surface area contributed by atoms with Gasteiger partial charge in [-0.2, -0.15) is 0 Å². The highest BCUT2D eigenvalue weighted by molar-refractivity contribution is 6.10. The van der Waals surface area contributed by atoms with Gasteiger partial charge in [-0.15, -0.1) is 0 Å². The number of fused-ring (bicyclic) bond motifs is 8. The number of hydrogen-bond acceptors (Lipinski definition) is 5. The maximum absolute atomic E-state index is 5.11. The second-order valence-electron chi connectivity index (χ2n) is 16.9. The first-order chi connectivity index (χ1) is 27.7. The smallest absolute Gasteiger partial charge is 0.182 e. The molecule has 4 aromatic heterocycles. The first-order valence-electron chi connectivity index (χ1n) is 19.8. The van der Waals surface area contributed by atoms with E-state index in [0.29, 0.717) is 23.2 Å². The molecule has 0 saturated heterocycles. The van der Waals surface area contributed by atoms with E-state index in [1.165, 1.54) is 45.8 Å². The van der Waals surface area contributed by atoms with Crippen LogP contribution in [0.4, 0.5) is 0 Å². The van der Waals surface area contributed by atoms with Crippen LogP contribution in [0.5, 0.6) is 0 Å². The predicted molar refractivity (Wildman–Crippen MR) is 234 cm³/mol. The Hall–Kier alpha value is -6.79. The Kier molecular flexibility index (Phi) is 7.27. The molecular formula is C51H40N6. The molecular weight excluding hydrogens is 697 g/mol. The van der Waals surface area contributed by atoms with Crippen LogP contribution in [0, 0.1) is 0 Å². The molecule has 274 valence electrons. The molecule has 0 radical (unpaired) electrons. The molecule has 1 aliphatic rings. The van der Waals surface area contributed by atoms with Crippen molar-refractivity contribution >= 4 is 54.4 Å². The lowest BCUT2D eigenvalue weighted by atomic mass is 9.63. The molecule has 6 heteroatoms. The highest BCUT2D eigenvalue weighted by atomic mass is 15.0. The van der Waals surface area contributed by atoms with Crippen LogP contribution in [0.1, 0.15) is 51.7 Å². The quantitative estimate of drug-likeness (QED) is 0.168. The van der Waals surface area contributed by atoms with Crippen molar-refractivity contribution in [2.24, 2.45) is 0 Å². The van der Waals surface area contributed by atoms with Crippen LogP contribution in [0.3, 0.4) is 0 Å². The predicted octanol–water partition coefficient (Wildman–Crippen LogP) is 12.6. The van der Waals surface area contributed by atoms with Crippen LogP contribution >= 0.6 is 0 Å². The average Bonchev–Trinajstić information content (AvgIpc) is 3.58. The Labute approximate surface area is 330 Å². The van der Waals surface area contributed by atoms with Crippen molar-refractivity contribution in [3.8, 4) is 40.0 Å². The van der Waals surface area contributed by atoms with Gasteiger partial charge in [0.1, 0.15) is 5.69 Å². The third-order valence-electron chi connectivity index (χ3n) is 12.3. The molecule has 0 N–H and O–H groups in total. The number of pyridine rings is 2. The van der Waals surface area contributed by atoms with E-state index in [9.17, 15) is 0 Å². The molecule has 0 amide bonds. The van der Waals surface area contributed by atoms with Crippen LogP contribution in [0.15, 0.2) is 146 Å². The second-order valence-corrected chi connectivity index (χ2v) is 16.9. The SMILES string of the molecule is CC1(C)CCC(C)(C)c2cc3c(cc21)c1ccccc1n3-c1ccc2ccc(-c3nc(-c4ccccc4)nc(-c4ccc5ccc6cccnc6c5n4)n3)cc2c1. The summed E-state index contributed by atoms with van der Waals surface area (Å²) in [6.07, 6.45) is 4.17. The maximum atomic E-state index is 5.11. The molecule has 0 atom stereocenters. The Morgan fingerprint density at radius 1 is 0.456 bits per heavy atom. The Morgan fingerprint density at radius 2 is 1.12 bits per heavy atom. The van der Waals surface area contributed by atoms with E-state index >= 15 is 0 Å². The minimum Gasteiger partial charge on any atom is -0.309 e. The normalized spacial score (nSPS) is 14.8. The topological polar surface area (TPSA) is 69.4 Å². The lowest BCUT2D eigenvalue weighted by Gasteiger charge is -2.42. The average molecular weight is 737 g/mol. The zero-order valence-corrected chi connectivity index (χ0v) is 32.5. The molecule has 0 unspecified atom stereocenters. The van der Waals surface area contributed by atoms with Gasteiger partial charge in [-0.1, -0.05) is 119 Å². The summed E-state index contributed by atoms with van der Waals surface area (Å²) in [5, 5.41) is 6.90. The fourth-order valence-electron chi connectivity index (χ4n) is 9.00. The summed E-state index contributed by atoms with van der Waals surface area (Å²) in [5.41, 5.74) is 10.9. The third kappa shape index (κ3) is 5.42. The number of nitrogens with zero attached hydrogens (tertiary/aromatic N) is 6. The first kappa shape index (κ1) is 33.5. The largest absolute Gasteiger partial charge is 0.309 e. The van der Waals surface area contributed by atoms with Gasteiger partial charge in [-0.05, 0) is 94.1 Å². The summed E-state index contributed by atoms with van der Waals surface area (Å²) < 4.78 is 2.45. The second kappa shape index (κ2) is 12.4. The Balaban J connectivity index is 1.09. The van der Waals surface area contributed by atoms with Crippen molar-refractivity contribution in [3.63, 3.8) is 0 Å². The van der Waals surface area contributed by atoms with Crippen molar-refractivity contribution in [1.82, 2.24) is 29.5 Å². The number of para-hydroxylation sites is 1. The Morgan fingerprint density at radius 3 is 1.95 bits per heavy atom. The van der Waals surface area contributed by atoms with Gasteiger partial charge >= 0.3 is 0 Å². The highest BCUT2D eigenvalue weighted by Gasteiger charge is 2.38. The molecule has 1 aliphatic carbocycles. The van der Waals surface area contributed by atoms with Gasteiger partial charge in [0.25, 0.3) is 0 Å². The fourth-order valence-corrected chi connectivity index (χ4v) is 9.00. The molecule has 0 fully saturated rings. The maximum Gasteiger partial charge on any atom is 0.182 e. The van der Waals surface area contributed by atoms with Gasteiger partial charge in [-0.3, -0.25) is 4.98 Å². The van der Waals surface area contributed by atoms with E-state index in [0.717, 1.165) is 49.4 Å². The van der Waals surface area contributed by atoms with Crippen LogP contribution < -0.4 is 0 Å². The Bertz CT molecular complexity index is 3250. The number of hydrogen-bond donors (Lipinski definition) is 0. The molecule has 0 bridgehead atoms. The van der Waals surface area contributed by atoms with E-state index in [4.69, 9.17) is 19.9 Å². The third-order valence-corrected chi connectivity index (χ3v) is 12.3. The standard InChI is InChI=1S/C51H40N6/c1-50(2)24-25-51(3,4)41-30-44-39(29-40(41)50)38-14-8-9-15-43(38)57(44)37-22-20-31-16-19-35(27-36(31)28-37)48-54-47(34-11-6-5-7-12-34)55-49(56-48)42-23-21-33-18-17-32-13-10-26-52-45(32)46(33)53-42/h5-23,26-30H,24-25H2,1-4H3. The lowest BCUT2D eigenvalue weighted by molar-refractivity contribution is 0.332. The van der Waals surface area contributed by atoms with Crippen LogP contribution in [-0.4, -0.2) is 29.5 Å². The highest BCUT2D eigenvalue weighted by Crippen LogP contribution is 2.48. The van der Waals surface area contributed by atoms with Gasteiger partial charge in [0.05, 0.1) is 22.1 Å². The molecule has 57 heavy (non-hydrogen) atoms. The molecule has 10 aromatic rings. The summed E-state index contributed by atoms with van der Waals surface area (Å²) in [7, 11) is 0. The lowest BCUT2D eigenvalue weighted by Crippen LogP contribution is -2.33. The van der Waals surface area contributed by atoms with Gasteiger partial charge < -0.3 is 4.57 Å². The summed E-state index contributed by atoms with van der Waals surface area (Å²) in [6.45, 7) is 9.62. The van der Waals surface area contributed by atoms with E-state index in [1.807, 2.05) is 48.7 Å². The molecule has 0 saturated carbocycles. The number of aromatic nitrogens is 6. The zero-order valence-electron chi connectivity index (χ0n) is 32.5. The monoisotopic (exact) mass is 736 g/mol. The zero-order chi connectivity index (χ0) is 38.5. The van der Waals surface area contributed by atoms with Crippen molar-refractivity contribution in [2.75, 3.05) is 0 Å². The molecule has 11 rings (SSSR count). The van der Waals surface area contributed by atoms with Crippen molar-refractivity contribution in [1.29, 1.82) is 0 Å². The van der Waals surface area contributed by atoms with Crippen molar-refractivity contribution in [3.05, 3.63) is 157 Å². The van der Waals surface area contributed by atoms with E-state index in [2.05, 4.69) is 134 Å². The fraction of sp³-hybridized carbons (Fsp3) is 0.157. The van der Waals surface area contributed by atoms with Gasteiger partial charge in [0.2, 0.25) is 0 Å². The minimum atomic E-state index is 0.105. The molecule has 0 aliphatic heterocycles. The first-order valence-corrected chi connectivity index (χ1v) is 19.8. The minimum absolute atomic E-state index is 0.105. The van der Waals surface area contributed by atoms with Gasteiger partial charge in [0.15, 0.2) is 17.5 Å². The molecule has 4 heterocycles. The number of benzene rings is 6. The molecule has 6 aromatic carbocycles.